The molecule has 0 amide bonds. The molecule has 0 aliphatic carbocycles. The lowest BCUT2D eigenvalue weighted by molar-refractivity contribution is 0.178. The largest absolute Gasteiger partial charge is 0.388 e. The molecule has 0 saturated carbocycles. The Bertz CT molecular complexity index is 724. The fraction of sp³-hybridized carbons (Fsp3) is 0.118. The molecule has 0 fully saturated rings. The van der Waals surface area contributed by atoms with Crippen molar-refractivity contribution in [3.8, 4) is 0 Å². The number of nitrogens with zero attached hydrogens (tertiary/aromatic N) is 1. The van der Waals surface area contributed by atoms with Gasteiger partial charge in [0.15, 0.2) is 0 Å². The summed E-state index contributed by atoms with van der Waals surface area (Å²) in [4.78, 5) is 4.34. The maximum absolute atomic E-state index is 12.8. The minimum Gasteiger partial charge on any atom is -0.388 e. The Morgan fingerprint density at radius 3 is 2.60 bits per heavy atom. The number of pyridine rings is 1. The van der Waals surface area contributed by atoms with Crippen molar-refractivity contribution in [1.82, 2.24) is 4.98 Å². The summed E-state index contributed by atoms with van der Waals surface area (Å²) in [6, 6.07) is 15.9. The van der Waals surface area contributed by atoms with E-state index in [0.717, 1.165) is 22.0 Å². The lowest BCUT2D eigenvalue weighted by Crippen LogP contribution is -2.02. The van der Waals surface area contributed by atoms with Crippen LogP contribution >= 0.6 is 0 Å². The van der Waals surface area contributed by atoms with Gasteiger partial charge >= 0.3 is 0 Å². The third-order valence-corrected chi connectivity index (χ3v) is 3.34. The van der Waals surface area contributed by atoms with Gasteiger partial charge in [0, 0.05) is 18.0 Å². The molecule has 0 aliphatic heterocycles. The Kier molecular flexibility index (Phi) is 3.44. The van der Waals surface area contributed by atoms with Gasteiger partial charge in [0.25, 0.3) is 0 Å². The summed E-state index contributed by atoms with van der Waals surface area (Å²) in [6.07, 6.45) is 1.49. The van der Waals surface area contributed by atoms with E-state index in [1.54, 1.807) is 18.3 Å². The molecule has 3 aromatic rings. The molecule has 2 nitrogen and oxygen atoms in total. The zero-order chi connectivity index (χ0) is 13.9. The normalized spacial score (nSPS) is 12.5. The lowest BCUT2D eigenvalue weighted by atomic mass is 10.0. The number of aliphatic hydroxyl groups excluding tert-OH is 1. The van der Waals surface area contributed by atoms with Crippen molar-refractivity contribution in [2.24, 2.45) is 0 Å². The van der Waals surface area contributed by atoms with E-state index >= 15 is 0 Å². The van der Waals surface area contributed by atoms with E-state index < -0.39 is 6.10 Å². The van der Waals surface area contributed by atoms with Gasteiger partial charge in [-0.1, -0.05) is 30.3 Å². The molecule has 0 aliphatic rings. The fourth-order valence-electron chi connectivity index (χ4n) is 2.23. The van der Waals surface area contributed by atoms with E-state index in [2.05, 4.69) is 4.98 Å². The number of halogens is 1. The molecule has 3 heteroatoms. The molecule has 0 saturated heterocycles. The Morgan fingerprint density at radius 2 is 1.80 bits per heavy atom. The van der Waals surface area contributed by atoms with Crippen LogP contribution in [-0.4, -0.2) is 10.1 Å². The molecule has 1 N–H and O–H groups in total. The van der Waals surface area contributed by atoms with Crippen LogP contribution in [0.5, 0.6) is 0 Å². The van der Waals surface area contributed by atoms with Crippen LogP contribution in [0.15, 0.2) is 60.8 Å². The van der Waals surface area contributed by atoms with Gasteiger partial charge in [0.05, 0.1) is 11.6 Å². The monoisotopic (exact) mass is 267 g/mol. The standard InChI is InChI=1S/C17H14FNO/c18-15-7-5-12(6-8-15)9-17(20)14-10-13-3-1-2-4-16(13)19-11-14/h1-8,10-11,17,20H,9H2. The van der Waals surface area contributed by atoms with Crippen molar-refractivity contribution in [1.29, 1.82) is 0 Å². The Hall–Kier alpha value is -2.26. The Labute approximate surface area is 116 Å². The molecule has 1 unspecified atom stereocenters. The highest BCUT2D eigenvalue weighted by atomic mass is 19.1. The summed E-state index contributed by atoms with van der Waals surface area (Å²) in [5.74, 6) is -0.268. The zero-order valence-corrected chi connectivity index (χ0v) is 10.8. The van der Waals surface area contributed by atoms with Crippen molar-refractivity contribution in [3.63, 3.8) is 0 Å². The van der Waals surface area contributed by atoms with Crippen molar-refractivity contribution in [2.45, 2.75) is 12.5 Å². The van der Waals surface area contributed by atoms with Crippen LogP contribution in [0.2, 0.25) is 0 Å². The number of rotatable bonds is 3. The SMILES string of the molecule is OC(Cc1ccc(F)cc1)c1cnc2ccccc2c1. The van der Waals surface area contributed by atoms with Gasteiger partial charge in [0.2, 0.25) is 0 Å². The molecule has 0 bridgehead atoms. The van der Waals surface area contributed by atoms with E-state index in [9.17, 15) is 9.50 Å². The fourth-order valence-corrected chi connectivity index (χ4v) is 2.23. The first-order valence-electron chi connectivity index (χ1n) is 6.49. The number of para-hydroxylation sites is 1. The molecule has 20 heavy (non-hydrogen) atoms. The van der Waals surface area contributed by atoms with Crippen molar-refractivity contribution >= 4 is 10.9 Å². The molecule has 3 rings (SSSR count). The quantitative estimate of drug-likeness (QED) is 0.785. The van der Waals surface area contributed by atoms with Crippen LogP contribution in [-0.2, 0) is 6.42 Å². The van der Waals surface area contributed by atoms with Crippen molar-refractivity contribution < 1.29 is 9.50 Å². The number of hydrogen-bond acceptors (Lipinski definition) is 2. The van der Waals surface area contributed by atoms with Gasteiger partial charge in [-0.3, -0.25) is 4.98 Å². The highest BCUT2D eigenvalue weighted by Crippen LogP contribution is 2.21. The maximum atomic E-state index is 12.8. The summed E-state index contributed by atoms with van der Waals surface area (Å²) in [6.45, 7) is 0. The first-order valence-corrected chi connectivity index (χ1v) is 6.49. The van der Waals surface area contributed by atoms with Crippen LogP contribution in [0.25, 0.3) is 10.9 Å². The predicted molar refractivity (Wildman–Crippen MR) is 76.8 cm³/mol. The molecular formula is C17H14FNO. The summed E-state index contributed by atoms with van der Waals surface area (Å²) in [5.41, 5.74) is 2.57. The highest BCUT2D eigenvalue weighted by Gasteiger charge is 2.10. The molecular weight excluding hydrogens is 253 g/mol. The third-order valence-electron chi connectivity index (χ3n) is 3.34. The van der Waals surface area contributed by atoms with E-state index in [4.69, 9.17) is 0 Å². The van der Waals surface area contributed by atoms with Crippen LogP contribution < -0.4 is 0 Å². The Morgan fingerprint density at radius 1 is 1.05 bits per heavy atom. The van der Waals surface area contributed by atoms with E-state index in [0.29, 0.717) is 6.42 Å². The highest BCUT2D eigenvalue weighted by molar-refractivity contribution is 5.78. The van der Waals surface area contributed by atoms with Gasteiger partial charge in [-0.05, 0) is 35.4 Å². The molecule has 0 spiro atoms. The van der Waals surface area contributed by atoms with Crippen LogP contribution in [0.1, 0.15) is 17.2 Å². The van der Waals surface area contributed by atoms with Gasteiger partial charge < -0.3 is 5.11 Å². The number of hydrogen-bond donors (Lipinski definition) is 1. The van der Waals surface area contributed by atoms with Gasteiger partial charge in [0.1, 0.15) is 5.82 Å². The molecule has 1 aromatic heterocycles. The average molecular weight is 267 g/mol. The first kappa shape index (κ1) is 12.8. The van der Waals surface area contributed by atoms with Crippen molar-refractivity contribution in [2.75, 3.05) is 0 Å². The van der Waals surface area contributed by atoms with Gasteiger partial charge in [-0.15, -0.1) is 0 Å². The number of fused-ring (bicyclic) bond motifs is 1. The average Bonchev–Trinajstić information content (AvgIpc) is 2.49. The second-order valence-electron chi connectivity index (χ2n) is 4.81. The minimum absolute atomic E-state index is 0.268. The zero-order valence-electron chi connectivity index (χ0n) is 10.8. The van der Waals surface area contributed by atoms with Crippen LogP contribution in [0.3, 0.4) is 0 Å². The van der Waals surface area contributed by atoms with E-state index in [-0.39, 0.29) is 5.82 Å². The second-order valence-corrected chi connectivity index (χ2v) is 4.81. The summed E-state index contributed by atoms with van der Waals surface area (Å²) >= 11 is 0. The molecule has 1 atom stereocenters. The lowest BCUT2D eigenvalue weighted by Gasteiger charge is -2.11. The molecule has 0 radical (unpaired) electrons. The molecule has 100 valence electrons. The van der Waals surface area contributed by atoms with E-state index in [1.807, 2.05) is 30.3 Å². The number of aromatic nitrogens is 1. The van der Waals surface area contributed by atoms with E-state index in [1.165, 1.54) is 12.1 Å². The maximum Gasteiger partial charge on any atom is 0.123 e. The Balaban J connectivity index is 1.84. The molecule has 2 aromatic carbocycles. The number of benzene rings is 2. The second kappa shape index (κ2) is 5.39. The minimum atomic E-state index is -0.641. The van der Waals surface area contributed by atoms with Crippen LogP contribution in [0, 0.1) is 5.82 Å². The van der Waals surface area contributed by atoms with Crippen molar-refractivity contribution in [3.05, 3.63) is 77.7 Å². The van der Waals surface area contributed by atoms with Crippen LogP contribution in [0.4, 0.5) is 4.39 Å². The molecule has 1 heterocycles. The van der Waals surface area contributed by atoms with Gasteiger partial charge in [-0.2, -0.15) is 0 Å². The summed E-state index contributed by atoms with van der Waals surface area (Å²) in [5, 5.41) is 11.3. The topological polar surface area (TPSA) is 33.1 Å². The smallest absolute Gasteiger partial charge is 0.123 e. The summed E-state index contributed by atoms with van der Waals surface area (Å²) in [7, 11) is 0. The predicted octanol–water partition coefficient (Wildman–Crippen LogP) is 3.65. The van der Waals surface area contributed by atoms with Gasteiger partial charge in [-0.25, -0.2) is 4.39 Å². The third kappa shape index (κ3) is 2.68. The number of aliphatic hydroxyl groups is 1. The first-order chi connectivity index (χ1) is 9.72. The summed E-state index contributed by atoms with van der Waals surface area (Å²) < 4.78 is 12.8.